The van der Waals surface area contributed by atoms with Gasteiger partial charge in [0.05, 0.1) is 157 Å². The van der Waals surface area contributed by atoms with Gasteiger partial charge in [-0.3, -0.25) is 9.69 Å². The number of nitrogens with two attached hydrogens (primary N) is 3. The third-order valence-electron chi connectivity index (χ3n) is 20.5. The summed E-state index contributed by atoms with van der Waals surface area (Å²) in [4.78, 5) is 55.3. The van der Waals surface area contributed by atoms with Crippen LogP contribution < -0.4 is 118 Å². The number of amides is 1. The van der Waals surface area contributed by atoms with E-state index in [2.05, 4.69) is 132 Å². The van der Waals surface area contributed by atoms with Gasteiger partial charge in [0.15, 0.2) is 23.3 Å². The number of carbonyl (C=O) groups excluding carboxylic acids is 1. The molecule has 9 aromatic rings. The quantitative estimate of drug-likeness (QED) is 0.0181. The number of aryl methyl sites for hydroxylation is 5. The topological polar surface area (TPSA) is 587 Å². The Balaban J connectivity index is 0.000000329. The molecule has 1 amide bonds. The number of anilines is 13. The van der Waals surface area contributed by atoms with Crippen LogP contribution in [-0.2, 0) is 9.53 Å². The number of halogens is 1. The number of aromatic nitrogens is 9. The smallest absolute Gasteiger partial charge is 0.216 e. The van der Waals surface area contributed by atoms with Crippen LogP contribution in [0.3, 0.4) is 0 Å². The van der Waals surface area contributed by atoms with Gasteiger partial charge in [-0.25, -0.2) is 4.39 Å². The molecule has 11 heterocycles. The summed E-state index contributed by atoms with van der Waals surface area (Å²) in [5.74, 6) is 11.1. The molecule has 0 spiro atoms. The van der Waals surface area contributed by atoms with Crippen molar-refractivity contribution in [3.8, 4) is 52.9 Å². The summed E-state index contributed by atoms with van der Waals surface area (Å²) >= 11 is 0. The third-order valence-corrected chi connectivity index (χ3v) is 20.5. The number of aliphatic hydroxyl groups excluding tert-OH is 7. The maximum atomic E-state index is 11.8. The van der Waals surface area contributed by atoms with Gasteiger partial charge >= 0.3 is 0 Å². The van der Waals surface area contributed by atoms with Crippen molar-refractivity contribution < 1.29 is 92.3 Å². The van der Waals surface area contributed by atoms with E-state index in [4.69, 9.17) is 95.2 Å². The summed E-state index contributed by atoms with van der Waals surface area (Å²) in [5, 5.41) is 97.3. The van der Waals surface area contributed by atoms with Crippen LogP contribution in [-0.4, -0.2) is 361 Å². The van der Waals surface area contributed by atoms with Gasteiger partial charge in [-0.05, 0) is 147 Å². The molecule has 0 radical (unpaired) electrons. The molecule has 5 atom stereocenters. The first-order valence-corrected chi connectivity index (χ1v) is 45.7. The van der Waals surface area contributed by atoms with Gasteiger partial charge in [-0.15, -0.1) is 0 Å². The molecule has 1 saturated carbocycles. The molecule has 1 saturated heterocycles. The predicted octanol–water partition coefficient (Wildman–Crippen LogP) is 6.53. The van der Waals surface area contributed by atoms with E-state index in [0.717, 1.165) is 148 Å². The summed E-state index contributed by atoms with van der Waals surface area (Å²) in [6, 6.07) is 32.7. The van der Waals surface area contributed by atoms with Crippen molar-refractivity contribution in [1.82, 2.24) is 64.9 Å². The van der Waals surface area contributed by atoms with E-state index in [1.807, 2.05) is 109 Å². The number of rotatable bonds is 41. The van der Waals surface area contributed by atoms with Crippen molar-refractivity contribution in [3.05, 3.63) is 137 Å². The number of fused-ring (bicyclic) bond motifs is 2. The number of nitrogens with one attached hydrogen (secondary N) is 11. The Labute approximate surface area is 822 Å². The number of nitrogen functional groups attached to an aromatic ring is 3. The fourth-order valence-corrected chi connectivity index (χ4v) is 12.4. The molecule has 2 fully saturated rings. The Kier molecular flexibility index (Phi) is 57.9. The lowest BCUT2D eigenvalue weighted by molar-refractivity contribution is -0.118. The normalized spacial score (nSPS) is 13.9. The monoisotopic (exact) mass is 1970 g/mol. The molecule has 0 bridgehead atoms. The zero-order valence-corrected chi connectivity index (χ0v) is 84.4. The van der Waals surface area contributed by atoms with Crippen molar-refractivity contribution in [1.29, 1.82) is 0 Å². The number of ether oxygens (including phenoxy) is 10. The lowest BCUT2D eigenvalue weighted by atomic mass is 9.86. The van der Waals surface area contributed by atoms with Crippen LogP contribution >= 0.6 is 0 Å². The van der Waals surface area contributed by atoms with E-state index >= 15 is 0 Å². The molecular formula is C95H153FN26O18. The summed E-state index contributed by atoms with van der Waals surface area (Å²) in [6.07, 6.45) is 2.19. The maximum Gasteiger partial charge on any atom is 0.216 e. The zero-order chi connectivity index (χ0) is 103. The fourth-order valence-electron chi connectivity index (χ4n) is 12.4. The van der Waals surface area contributed by atoms with Crippen LogP contribution in [0.4, 0.5) is 79.5 Å². The molecule has 45 heteroatoms. The number of nitrogens with zero attached hydrogens (tertiary/aromatic N) is 12. The molecule has 2 aliphatic heterocycles. The summed E-state index contributed by atoms with van der Waals surface area (Å²) in [7, 11) is 22.4. The highest BCUT2D eigenvalue weighted by Crippen LogP contribution is 2.35. The van der Waals surface area contributed by atoms with Crippen LogP contribution in [0.1, 0.15) is 60.4 Å². The van der Waals surface area contributed by atoms with Gasteiger partial charge in [0, 0.05) is 146 Å². The predicted molar refractivity (Wildman–Crippen MR) is 550 cm³/mol. The van der Waals surface area contributed by atoms with Crippen LogP contribution in [0.25, 0.3) is 0 Å². The summed E-state index contributed by atoms with van der Waals surface area (Å²) < 4.78 is 62.3. The van der Waals surface area contributed by atoms with Gasteiger partial charge in [-0.1, -0.05) is 30.3 Å². The first kappa shape index (κ1) is 119. The first-order valence-electron chi connectivity index (χ1n) is 45.7. The van der Waals surface area contributed by atoms with Gasteiger partial charge in [-0.2, -0.15) is 44.9 Å². The van der Waals surface area contributed by atoms with Crippen molar-refractivity contribution in [2.24, 2.45) is 0 Å². The van der Waals surface area contributed by atoms with Crippen molar-refractivity contribution in [3.63, 3.8) is 0 Å². The third kappa shape index (κ3) is 46.1. The van der Waals surface area contributed by atoms with E-state index in [1.54, 1.807) is 91.2 Å². The maximum absolute atomic E-state index is 11.8. The Morgan fingerprint density at radius 3 is 1.19 bits per heavy atom. The Morgan fingerprint density at radius 2 is 0.793 bits per heavy atom. The number of alkyl halides is 1. The molecule has 44 nitrogen and oxygen atoms in total. The number of carbonyl (C=O) groups is 1. The molecule has 2 unspecified atom stereocenters. The summed E-state index contributed by atoms with van der Waals surface area (Å²) in [5.41, 5.74) is 24.9. The number of pyridine rings is 9. The van der Waals surface area contributed by atoms with Crippen molar-refractivity contribution in [2.75, 3.05) is 294 Å². The van der Waals surface area contributed by atoms with E-state index in [1.165, 1.54) is 28.3 Å². The number of methoxy groups -OCH3 is 9. The van der Waals surface area contributed by atoms with Gasteiger partial charge in [0.25, 0.3) is 0 Å². The molecule has 778 valence electrons. The minimum absolute atomic E-state index is 0.0304. The fraction of sp³-hybridized carbons (Fsp3) is 0.516. The highest BCUT2D eigenvalue weighted by atomic mass is 19.1. The van der Waals surface area contributed by atoms with E-state index in [0.29, 0.717) is 118 Å². The molecule has 0 aromatic carbocycles. The number of hydrogen-bond acceptors (Lipinski definition) is 43. The van der Waals surface area contributed by atoms with Crippen molar-refractivity contribution >= 4 is 81.0 Å². The van der Waals surface area contributed by atoms with Gasteiger partial charge < -0.3 is 169 Å². The molecule has 12 rings (SSSR count). The van der Waals surface area contributed by atoms with Crippen LogP contribution in [0.15, 0.2) is 109 Å². The Hall–Kier alpha value is -13.1. The van der Waals surface area contributed by atoms with Gasteiger partial charge in [0.1, 0.15) is 35.8 Å². The Morgan fingerprint density at radius 1 is 0.443 bits per heavy atom. The summed E-state index contributed by atoms with van der Waals surface area (Å²) in [6.45, 7) is 21.1. The standard InChI is InChI=1S/C12H20N4O2.C12H17N3O2.C12H21N3O.C11H17N3O2.C11H19N3O.2C10H16N2O3.C9H15N3O3.C8H12FN3O/c1-17-11-3-2-10(13)12(15-11)14-4-5-16-6-8-18-9-7-16;1-17-10-6-5-8-12(14-10)15-11-7(13-8)3-2-4-9(11)16;1-10-6-7-11(16-4)14-12(10)13-8-5-9-15(2)3;1-8-4-5-10(16-3)14-11(8)13-7-6-12-9(2)15;1-9-5-6-10(15-4)13-11(9)12-7-8-14(2)3;1-7-3-4-9(15-2)12-10(7)11-8(5-13)6-14;1-7-3-4-9(15-2)12-10(7)11-5-8(14)6-13;1-15-8-3-2-7(10)9(12-8)11-4-6(14)5-13;1-13-7-3-2-6(10)8(12-7)11-5-4-9/h2-3H,4-9,13H2,1H3,(H,14,15);5-7,9,11,13,16H,2-4H2,1H3,(H,14,15);6-7H,5,8-9H2,1-4H3,(H,13,14);4-5H,6-7H2,1-3H3,(H,12,15)(H,13,14);5-6H,7-8H2,1-4H3,(H,12,13);2*3-4,8,13-14H,5-6H2,1-2H3,(H,11,12);2-3,6,13-14H,4-5,10H2,1H3,(H,11,12);2-3H,4-5,10H2,1H3,(H,11,12)/t;7?,9-,11-;;;;;;6-;/m.0.....0./s1. The average molecular weight is 1970 g/mol. The SMILES string of the molecule is COc1ccc(C)c(NC(CO)CO)n1.COc1ccc(C)c(NCC(O)CO)n1.COc1ccc(C)c(NCCCN(C)C)n1.COc1ccc(C)c(NCCN(C)C)n1.COc1ccc(C)c(NCCNC(C)=O)n1.COc1ccc(N)c(NCCF)n1.COc1ccc(N)c(NCCN2CCOCC2)n1.COc1ccc(N)c(NC[C@H](O)CO)n1.COc1ccc2c(n1)N[C@H]1C(CCC[C@@H]1O)N2. The van der Waals surface area contributed by atoms with E-state index < -0.39 is 24.9 Å². The van der Waals surface area contributed by atoms with Crippen LogP contribution in [0.2, 0.25) is 0 Å². The Bertz CT molecular complexity index is 4890. The first-order chi connectivity index (χ1) is 67.3. The minimum atomic E-state index is -0.836. The molecule has 3 aliphatic rings. The molecular weight excluding hydrogens is 1810 g/mol. The van der Waals surface area contributed by atoms with Crippen LogP contribution in [0, 0.1) is 34.6 Å². The lowest BCUT2D eigenvalue weighted by Gasteiger charge is -2.41. The molecule has 140 heavy (non-hydrogen) atoms. The lowest BCUT2D eigenvalue weighted by Crippen LogP contribution is -2.52. The van der Waals surface area contributed by atoms with Crippen molar-refractivity contribution in [2.45, 2.75) is 104 Å². The molecule has 1 aliphatic carbocycles. The largest absolute Gasteiger partial charge is 0.481 e. The highest BCUT2D eigenvalue weighted by Gasteiger charge is 2.36. The number of likely N-dealkylation sites (N-methyl/N-ethyl adjacent to an activating group) is 1. The number of morpholine rings is 1. The number of aliphatic hydroxyl groups is 7. The highest BCUT2D eigenvalue weighted by molar-refractivity contribution is 5.73. The second-order valence-corrected chi connectivity index (χ2v) is 32.0. The molecule has 24 N–H and O–H groups in total. The zero-order valence-electron chi connectivity index (χ0n) is 84.4. The second kappa shape index (κ2) is 68.0. The number of hydrogen-bond donors (Lipinski definition) is 21. The van der Waals surface area contributed by atoms with E-state index in [9.17, 15) is 14.3 Å². The van der Waals surface area contributed by atoms with E-state index in [-0.39, 0.29) is 64.1 Å². The molecule has 9 aromatic heterocycles. The minimum Gasteiger partial charge on any atom is -0.481 e. The van der Waals surface area contributed by atoms with Gasteiger partial charge in [0.2, 0.25) is 58.8 Å². The average Bonchev–Trinajstić information content (AvgIpc) is 0.786. The second-order valence-electron chi connectivity index (χ2n) is 32.0. The van der Waals surface area contributed by atoms with Crippen LogP contribution in [0.5, 0.6) is 52.9 Å².